The lowest BCUT2D eigenvalue weighted by Crippen LogP contribution is -1.80. The fraction of sp³-hybridized carbons (Fsp3) is 0.0714. The predicted molar refractivity (Wildman–Crippen MR) is 76.6 cm³/mol. The van der Waals surface area contributed by atoms with Gasteiger partial charge in [0.1, 0.15) is 5.69 Å². The van der Waals surface area contributed by atoms with Crippen molar-refractivity contribution in [1.29, 1.82) is 0 Å². The zero-order valence-corrected chi connectivity index (χ0v) is 11.1. The number of nitrogens with zero attached hydrogens (tertiary/aromatic N) is 3. The molecule has 0 fully saturated rings. The standard InChI is InChI=1S/C14H11N3OS/c1-9-8-12(16-17-14-15-6-7-19-14)13(18)11-5-3-2-4-10(9)11/h2-8,18H,1H3. The van der Waals surface area contributed by atoms with Gasteiger partial charge in [-0.2, -0.15) is 0 Å². The number of fused-ring (bicyclic) bond motifs is 1. The van der Waals surface area contributed by atoms with Crippen LogP contribution < -0.4 is 0 Å². The number of aromatic hydroxyl groups is 1. The SMILES string of the molecule is Cc1cc(N=Nc2nccs2)c(O)c2ccccc12. The van der Waals surface area contributed by atoms with Crippen molar-refractivity contribution in [2.75, 3.05) is 0 Å². The summed E-state index contributed by atoms with van der Waals surface area (Å²) in [6.45, 7) is 1.99. The number of thiazole rings is 1. The molecular formula is C14H11N3OS. The number of phenols is 1. The van der Waals surface area contributed by atoms with E-state index in [9.17, 15) is 5.11 Å². The highest BCUT2D eigenvalue weighted by Crippen LogP contribution is 2.37. The molecule has 0 saturated heterocycles. The van der Waals surface area contributed by atoms with E-state index in [2.05, 4.69) is 15.2 Å². The Morgan fingerprint density at radius 3 is 2.68 bits per heavy atom. The summed E-state index contributed by atoms with van der Waals surface area (Å²) in [7, 11) is 0. The van der Waals surface area contributed by atoms with Gasteiger partial charge in [0.15, 0.2) is 5.75 Å². The molecule has 0 amide bonds. The summed E-state index contributed by atoms with van der Waals surface area (Å²) < 4.78 is 0. The summed E-state index contributed by atoms with van der Waals surface area (Å²) in [5, 5.41) is 22.5. The van der Waals surface area contributed by atoms with Crippen molar-refractivity contribution in [2.24, 2.45) is 10.2 Å². The Morgan fingerprint density at radius 1 is 1.16 bits per heavy atom. The van der Waals surface area contributed by atoms with Gasteiger partial charge in [-0.25, -0.2) is 4.98 Å². The Bertz CT molecular complexity index is 751. The van der Waals surface area contributed by atoms with Crippen LogP contribution in [0.5, 0.6) is 5.75 Å². The molecule has 0 unspecified atom stereocenters. The largest absolute Gasteiger partial charge is 0.505 e. The average molecular weight is 269 g/mol. The van der Waals surface area contributed by atoms with Crippen molar-refractivity contribution >= 4 is 32.9 Å². The molecule has 0 saturated carbocycles. The maximum absolute atomic E-state index is 10.2. The molecule has 4 nitrogen and oxygen atoms in total. The molecular weight excluding hydrogens is 258 g/mol. The molecule has 94 valence electrons. The Labute approximate surface area is 114 Å². The Kier molecular flexibility index (Phi) is 2.97. The topological polar surface area (TPSA) is 57.8 Å². The first-order valence-electron chi connectivity index (χ1n) is 5.78. The maximum atomic E-state index is 10.2. The van der Waals surface area contributed by atoms with E-state index >= 15 is 0 Å². The van der Waals surface area contributed by atoms with Crippen molar-refractivity contribution < 1.29 is 5.11 Å². The van der Waals surface area contributed by atoms with Crippen LogP contribution in [-0.4, -0.2) is 10.1 Å². The summed E-state index contributed by atoms with van der Waals surface area (Å²) in [4.78, 5) is 4.02. The van der Waals surface area contributed by atoms with Crippen LogP contribution in [0.4, 0.5) is 10.8 Å². The van der Waals surface area contributed by atoms with E-state index in [1.807, 2.05) is 42.6 Å². The smallest absolute Gasteiger partial charge is 0.229 e. The molecule has 0 aliphatic rings. The lowest BCUT2D eigenvalue weighted by atomic mass is 10.0. The van der Waals surface area contributed by atoms with Gasteiger partial charge in [-0.1, -0.05) is 24.3 Å². The minimum absolute atomic E-state index is 0.154. The van der Waals surface area contributed by atoms with Crippen LogP contribution in [0, 0.1) is 6.92 Å². The van der Waals surface area contributed by atoms with Crippen LogP contribution in [0.2, 0.25) is 0 Å². The lowest BCUT2D eigenvalue weighted by molar-refractivity contribution is 0.482. The normalized spacial score (nSPS) is 11.4. The van der Waals surface area contributed by atoms with Crippen LogP contribution in [-0.2, 0) is 0 Å². The molecule has 5 heteroatoms. The molecule has 2 aromatic carbocycles. The molecule has 1 N–H and O–H groups in total. The molecule has 0 spiro atoms. The van der Waals surface area contributed by atoms with Gasteiger partial charge in [0.25, 0.3) is 0 Å². The van der Waals surface area contributed by atoms with Crippen molar-refractivity contribution in [3.8, 4) is 5.75 Å². The highest BCUT2D eigenvalue weighted by molar-refractivity contribution is 7.13. The van der Waals surface area contributed by atoms with Gasteiger partial charge in [-0.3, -0.25) is 0 Å². The molecule has 3 aromatic rings. The third kappa shape index (κ3) is 2.20. The van der Waals surface area contributed by atoms with E-state index in [1.165, 1.54) is 11.3 Å². The summed E-state index contributed by atoms with van der Waals surface area (Å²) in [6.07, 6.45) is 1.67. The molecule has 3 rings (SSSR count). The average Bonchev–Trinajstić information content (AvgIpc) is 2.95. The van der Waals surface area contributed by atoms with E-state index in [-0.39, 0.29) is 5.75 Å². The molecule has 1 heterocycles. The Balaban J connectivity index is 2.12. The summed E-state index contributed by atoms with van der Waals surface area (Å²) in [5.41, 5.74) is 1.52. The van der Waals surface area contributed by atoms with Gasteiger partial charge in [-0.15, -0.1) is 21.6 Å². The number of azo groups is 1. The molecule has 1 aromatic heterocycles. The molecule has 0 bridgehead atoms. The fourth-order valence-electron chi connectivity index (χ4n) is 1.96. The van der Waals surface area contributed by atoms with E-state index in [0.717, 1.165) is 16.3 Å². The maximum Gasteiger partial charge on any atom is 0.229 e. The first-order chi connectivity index (χ1) is 9.25. The highest BCUT2D eigenvalue weighted by atomic mass is 32.1. The third-order valence-corrected chi connectivity index (χ3v) is 3.52. The van der Waals surface area contributed by atoms with Crippen LogP contribution in [0.25, 0.3) is 10.8 Å². The van der Waals surface area contributed by atoms with E-state index in [0.29, 0.717) is 10.8 Å². The van der Waals surface area contributed by atoms with Gasteiger partial charge in [0.2, 0.25) is 5.13 Å². The van der Waals surface area contributed by atoms with Gasteiger partial charge in [-0.05, 0) is 23.9 Å². The predicted octanol–water partition coefficient (Wildman–Crippen LogP) is 4.73. The van der Waals surface area contributed by atoms with Crippen LogP contribution in [0.15, 0.2) is 52.1 Å². The van der Waals surface area contributed by atoms with Crippen LogP contribution in [0.3, 0.4) is 0 Å². The summed E-state index contributed by atoms with van der Waals surface area (Å²) >= 11 is 1.40. The molecule has 0 aliphatic carbocycles. The minimum Gasteiger partial charge on any atom is -0.505 e. The van der Waals surface area contributed by atoms with Gasteiger partial charge in [0, 0.05) is 17.0 Å². The van der Waals surface area contributed by atoms with Crippen molar-refractivity contribution in [1.82, 2.24) is 4.98 Å². The number of hydrogen-bond donors (Lipinski definition) is 1. The second-order valence-corrected chi connectivity index (χ2v) is 4.99. The number of aromatic nitrogens is 1. The van der Waals surface area contributed by atoms with Crippen molar-refractivity contribution in [3.05, 3.63) is 47.5 Å². The zero-order valence-electron chi connectivity index (χ0n) is 10.2. The number of phenolic OH excluding ortho intramolecular Hbond substituents is 1. The second kappa shape index (κ2) is 4.78. The number of aryl methyl sites for hydroxylation is 1. The monoisotopic (exact) mass is 269 g/mol. The Hall–Kier alpha value is -2.27. The number of rotatable bonds is 2. The van der Waals surface area contributed by atoms with Crippen LogP contribution in [0.1, 0.15) is 5.56 Å². The molecule has 0 aliphatic heterocycles. The zero-order chi connectivity index (χ0) is 13.2. The molecule has 0 atom stereocenters. The lowest BCUT2D eigenvalue weighted by Gasteiger charge is -2.06. The Morgan fingerprint density at radius 2 is 1.95 bits per heavy atom. The van der Waals surface area contributed by atoms with E-state index in [1.54, 1.807) is 6.20 Å². The third-order valence-electron chi connectivity index (χ3n) is 2.87. The van der Waals surface area contributed by atoms with E-state index in [4.69, 9.17) is 0 Å². The number of benzene rings is 2. The quantitative estimate of drug-likeness (QED) is 0.684. The summed E-state index contributed by atoms with van der Waals surface area (Å²) in [6, 6.07) is 9.52. The van der Waals surface area contributed by atoms with Gasteiger partial charge in [0.05, 0.1) is 0 Å². The van der Waals surface area contributed by atoms with E-state index < -0.39 is 0 Å². The van der Waals surface area contributed by atoms with Gasteiger partial charge >= 0.3 is 0 Å². The highest BCUT2D eigenvalue weighted by Gasteiger charge is 2.08. The van der Waals surface area contributed by atoms with Gasteiger partial charge < -0.3 is 5.11 Å². The summed E-state index contributed by atoms with van der Waals surface area (Å²) in [5.74, 6) is 0.154. The molecule has 0 radical (unpaired) electrons. The second-order valence-electron chi connectivity index (χ2n) is 4.12. The minimum atomic E-state index is 0.154. The van der Waals surface area contributed by atoms with Crippen LogP contribution >= 0.6 is 11.3 Å². The number of hydrogen-bond acceptors (Lipinski definition) is 5. The first kappa shape index (κ1) is 11.8. The fourth-order valence-corrected chi connectivity index (χ4v) is 2.41. The van der Waals surface area contributed by atoms with Crippen molar-refractivity contribution in [2.45, 2.75) is 6.92 Å². The van der Waals surface area contributed by atoms with Crippen molar-refractivity contribution in [3.63, 3.8) is 0 Å². The molecule has 19 heavy (non-hydrogen) atoms. The first-order valence-corrected chi connectivity index (χ1v) is 6.66.